The fourth-order valence-electron chi connectivity index (χ4n) is 0.961. The van der Waals surface area contributed by atoms with Gasteiger partial charge in [0.2, 0.25) is 0 Å². The molecule has 0 saturated heterocycles. The van der Waals surface area contributed by atoms with Crippen molar-refractivity contribution in [3.63, 3.8) is 0 Å². The molecule has 4 heteroatoms. The molecule has 0 bridgehead atoms. The quantitative estimate of drug-likeness (QED) is 0.613. The Kier molecular flexibility index (Phi) is 3.17. The topological polar surface area (TPSA) is 37.3 Å². The van der Waals surface area contributed by atoms with Gasteiger partial charge in [-0.1, -0.05) is 11.6 Å². The molecule has 2 nitrogen and oxygen atoms in total. The molecule has 1 rings (SSSR count). The maximum absolute atomic E-state index is 11.0. The van der Waals surface area contributed by atoms with E-state index in [1.807, 2.05) is 0 Å². The molecule has 0 unspecified atom stereocenters. The minimum Gasteiger partial charge on any atom is -0.506 e. The molecular formula is C9H8Cl2O2. The Morgan fingerprint density at radius 2 is 2.15 bits per heavy atom. The van der Waals surface area contributed by atoms with Gasteiger partial charge in [0.1, 0.15) is 5.75 Å². The van der Waals surface area contributed by atoms with Crippen LogP contribution in [0.2, 0.25) is 5.02 Å². The van der Waals surface area contributed by atoms with Crippen LogP contribution in [-0.2, 0) is 5.88 Å². The standard InChI is InChI=1S/C9H8Cl2O2/c1-5(12)6-2-7(4-10)9(13)8(11)3-6/h2-3,13H,4H2,1H3. The number of ketones is 1. The van der Waals surface area contributed by atoms with Crippen molar-refractivity contribution in [3.05, 3.63) is 28.3 Å². The third-order valence-electron chi connectivity index (χ3n) is 1.69. The molecule has 0 fully saturated rings. The molecule has 0 saturated carbocycles. The molecule has 0 heterocycles. The first-order chi connectivity index (χ1) is 6.06. The lowest BCUT2D eigenvalue weighted by molar-refractivity contribution is 0.101. The minimum atomic E-state index is -0.103. The first-order valence-electron chi connectivity index (χ1n) is 3.64. The van der Waals surface area contributed by atoms with Gasteiger partial charge < -0.3 is 5.11 Å². The van der Waals surface area contributed by atoms with Gasteiger partial charge in [-0.25, -0.2) is 0 Å². The van der Waals surface area contributed by atoms with E-state index in [1.165, 1.54) is 19.1 Å². The normalized spacial score (nSPS) is 10.1. The second-order valence-electron chi connectivity index (χ2n) is 2.66. The third kappa shape index (κ3) is 2.14. The predicted molar refractivity (Wildman–Crippen MR) is 52.7 cm³/mol. The average molecular weight is 219 g/mol. The van der Waals surface area contributed by atoms with Crippen molar-refractivity contribution in [2.75, 3.05) is 0 Å². The van der Waals surface area contributed by atoms with Gasteiger partial charge in [0.05, 0.1) is 10.9 Å². The fourth-order valence-corrected chi connectivity index (χ4v) is 1.40. The smallest absolute Gasteiger partial charge is 0.159 e. The highest BCUT2D eigenvalue weighted by molar-refractivity contribution is 6.32. The van der Waals surface area contributed by atoms with Crippen molar-refractivity contribution in [2.24, 2.45) is 0 Å². The number of carbonyl (C=O) groups is 1. The molecule has 0 radical (unpaired) electrons. The molecule has 0 aliphatic heterocycles. The van der Waals surface area contributed by atoms with Crippen LogP contribution >= 0.6 is 23.2 Å². The number of aromatic hydroxyl groups is 1. The Labute approximate surface area is 86.1 Å². The number of hydrogen-bond donors (Lipinski definition) is 1. The van der Waals surface area contributed by atoms with Crippen LogP contribution in [0.1, 0.15) is 22.8 Å². The average Bonchev–Trinajstić information content (AvgIpc) is 2.09. The van der Waals surface area contributed by atoms with E-state index >= 15 is 0 Å². The van der Waals surface area contributed by atoms with Crippen molar-refractivity contribution >= 4 is 29.0 Å². The van der Waals surface area contributed by atoms with E-state index < -0.39 is 0 Å². The lowest BCUT2D eigenvalue weighted by Crippen LogP contribution is -1.94. The van der Waals surface area contributed by atoms with Gasteiger partial charge >= 0.3 is 0 Å². The Balaban J connectivity index is 3.30. The number of halogens is 2. The summed E-state index contributed by atoms with van der Waals surface area (Å²) in [5.41, 5.74) is 0.929. The summed E-state index contributed by atoms with van der Waals surface area (Å²) in [6.07, 6.45) is 0. The Morgan fingerprint density at radius 1 is 1.54 bits per heavy atom. The molecule has 0 aliphatic rings. The molecule has 1 N–H and O–H groups in total. The van der Waals surface area contributed by atoms with Gasteiger partial charge in [-0.15, -0.1) is 11.6 Å². The van der Waals surface area contributed by atoms with Gasteiger partial charge in [-0.2, -0.15) is 0 Å². The number of phenolic OH excluding ortho intramolecular Hbond substituents is 1. The highest BCUT2D eigenvalue weighted by atomic mass is 35.5. The predicted octanol–water partition coefficient (Wildman–Crippen LogP) is 2.99. The summed E-state index contributed by atoms with van der Waals surface area (Å²) >= 11 is 11.2. The molecule has 13 heavy (non-hydrogen) atoms. The largest absolute Gasteiger partial charge is 0.506 e. The van der Waals surface area contributed by atoms with Gasteiger partial charge in [-0.05, 0) is 19.1 Å². The second-order valence-corrected chi connectivity index (χ2v) is 3.33. The van der Waals surface area contributed by atoms with Crippen LogP contribution in [0.5, 0.6) is 5.75 Å². The first-order valence-corrected chi connectivity index (χ1v) is 4.55. The van der Waals surface area contributed by atoms with Gasteiger partial charge in [-0.3, -0.25) is 4.79 Å². The highest BCUT2D eigenvalue weighted by Gasteiger charge is 2.09. The van der Waals surface area contributed by atoms with Crippen LogP contribution in [0, 0.1) is 0 Å². The summed E-state index contributed by atoms with van der Waals surface area (Å²) in [6, 6.07) is 2.96. The van der Waals surface area contributed by atoms with E-state index in [-0.39, 0.29) is 22.4 Å². The van der Waals surface area contributed by atoms with E-state index in [1.54, 1.807) is 0 Å². The van der Waals surface area contributed by atoms with Crippen LogP contribution in [0.3, 0.4) is 0 Å². The zero-order valence-electron chi connectivity index (χ0n) is 6.97. The van der Waals surface area contributed by atoms with Crippen molar-refractivity contribution < 1.29 is 9.90 Å². The van der Waals surface area contributed by atoms with Gasteiger partial charge in [0.25, 0.3) is 0 Å². The maximum atomic E-state index is 11.0. The monoisotopic (exact) mass is 218 g/mol. The van der Waals surface area contributed by atoms with Crippen molar-refractivity contribution in [1.29, 1.82) is 0 Å². The van der Waals surface area contributed by atoms with E-state index in [0.717, 1.165) is 0 Å². The Hall–Kier alpha value is -0.730. The van der Waals surface area contributed by atoms with Gasteiger partial charge in [0, 0.05) is 11.1 Å². The van der Waals surface area contributed by atoms with Crippen molar-refractivity contribution in [1.82, 2.24) is 0 Å². The molecule has 0 aliphatic carbocycles. The zero-order valence-corrected chi connectivity index (χ0v) is 8.49. The summed E-state index contributed by atoms with van der Waals surface area (Å²) in [5, 5.41) is 9.53. The SMILES string of the molecule is CC(=O)c1cc(Cl)c(O)c(CCl)c1. The van der Waals surface area contributed by atoms with E-state index in [4.69, 9.17) is 23.2 Å². The number of benzene rings is 1. The summed E-state index contributed by atoms with van der Waals surface area (Å²) in [6.45, 7) is 1.43. The van der Waals surface area contributed by atoms with Crippen molar-refractivity contribution in [2.45, 2.75) is 12.8 Å². The Bertz CT molecular complexity index is 348. The number of rotatable bonds is 2. The summed E-state index contributed by atoms with van der Waals surface area (Å²) in [5.74, 6) is -0.0258. The van der Waals surface area contributed by atoms with Crippen LogP contribution in [0.25, 0.3) is 0 Å². The number of hydrogen-bond acceptors (Lipinski definition) is 2. The van der Waals surface area contributed by atoms with Crippen LogP contribution < -0.4 is 0 Å². The molecule has 0 spiro atoms. The van der Waals surface area contributed by atoms with Gasteiger partial charge in [0.15, 0.2) is 5.78 Å². The molecule has 0 aromatic heterocycles. The summed E-state index contributed by atoms with van der Waals surface area (Å²) in [4.78, 5) is 11.0. The minimum absolute atomic E-state index is 0.0540. The number of phenols is 1. The van der Waals surface area contributed by atoms with Crippen LogP contribution in [0.4, 0.5) is 0 Å². The van der Waals surface area contributed by atoms with E-state index in [0.29, 0.717) is 11.1 Å². The third-order valence-corrected chi connectivity index (χ3v) is 2.27. The lowest BCUT2D eigenvalue weighted by atomic mass is 10.1. The molecule has 0 atom stereocenters. The molecule has 1 aromatic rings. The summed E-state index contributed by atoms with van der Waals surface area (Å²) < 4.78 is 0. The molecular weight excluding hydrogens is 211 g/mol. The van der Waals surface area contributed by atoms with E-state index in [9.17, 15) is 9.90 Å². The number of alkyl halides is 1. The molecule has 1 aromatic carbocycles. The number of Topliss-reactive ketones (excluding diaryl/α,β-unsaturated/α-hetero) is 1. The zero-order chi connectivity index (χ0) is 10.0. The number of carbonyl (C=O) groups excluding carboxylic acids is 1. The molecule has 70 valence electrons. The maximum Gasteiger partial charge on any atom is 0.159 e. The van der Waals surface area contributed by atoms with Crippen LogP contribution in [-0.4, -0.2) is 10.9 Å². The van der Waals surface area contributed by atoms with Crippen molar-refractivity contribution in [3.8, 4) is 5.75 Å². The first kappa shape index (κ1) is 10.4. The summed E-state index contributed by atoms with van der Waals surface area (Å²) in [7, 11) is 0. The fraction of sp³-hybridized carbons (Fsp3) is 0.222. The lowest BCUT2D eigenvalue weighted by Gasteiger charge is -2.04. The molecule has 0 amide bonds. The van der Waals surface area contributed by atoms with Crippen LogP contribution in [0.15, 0.2) is 12.1 Å². The second kappa shape index (κ2) is 3.99. The van der Waals surface area contributed by atoms with E-state index in [2.05, 4.69) is 0 Å². The highest BCUT2D eigenvalue weighted by Crippen LogP contribution is 2.30. The Morgan fingerprint density at radius 3 is 2.62 bits per heavy atom.